The summed E-state index contributed by atoms with van der Waals surface area (Å²) in [6, 6.07) is 4.34. The Morgan fingerprint density at radius 1 is 1.53 bits per heavy atom. The Balaban J connectivity index is 3.01. The average molecular weight is 231 g/mol. The van der Waals surface area contributed by atoms with E-state index in [1.165, 1.54) is 12.1 Å². The number of halogens is 2. The lowest BCUT2D eigenvalue weighted by molar-refractivity contribution is 0.382. The fourth-order valence-corrected chi connectivity index (χ4v) is 1.83. The first-order valence-electron chi connectivity index (χ1n) is 5.01. The lowest BCUT2D eigenvalue weighted by Crippen LogP contribution is -2.32. The lowest BCUT2D eigenvalue weighted by Gasteiger charge is -2.23. The van der Waals surface area contributed by atoms with E-state index in [9.17, 15) is 4.39 Å². The highest BCUT2D eigenvalue weighted by Crippen LogP contribution is 2.29. The molecule has 84 valence electrons. The van der Waals surface area contributed by atoms with Crippen LogP contribution in [0.4, 0.5) is 4.39 Å². The molecule has 2 nitrogen and oxygen atoms in total. The lowest BCUT2D eigenvalue weighted by atomic mass is 9.93. The van der Waals surface area contributed by atoms with E-state index in [1.807, 2.05) is 0 Å². The zero-order chi connectivity index (χ0) is 11.4. The molecule has 0 aliphatic carbocycles. The van der Waals surface area contributed by atoms with E-state index < -0.39 is 0 Å². The molecule has 15 heavy (non-hydrogen) atoms. The summed E-state index contributed by atoms with van der Waals surface area (Å²) in [7, 11) is 0. The molecule has 1 rings (SSSR count). The summed E-state index contributed by atoms with van der Waals surface area (Å²) in [6.45, 7) is 4.15. The highest BCUT2D eigenvalue weighted by Gasteiger charge is 2.19. The van der Waals surface area contributed by atoms with E-state index in [4.69, 9.17) is 17.4 Å². The van der Waals surface area contributed by atoms with Crippen LogP contribution in [-0.2, 0) is 0 Å². The van der Waals surface area contributed by atoms with Crippen LogP contribution in [0.5, 0.6) is 0 Å². The first kappa shape index (κ1) is 12.4. The molecular formula is C11H16ClFN2. The molecule has 4 heteroatoms. The number of nitrogens with two attached hydrogens (primary N) is 1. The molecule has 0 aliphatic rings. The maximum Gasteiger partial charge on any atom is 0.124 e. The molecule has 2 unspecified atom stereocenters. The Hall–Kier alpha value is -0.640. The molecule has 0 bridgehead atoms. The van der Waals surface area contributed by atoms with Gasteiger partial charge in [-0.3, -0.25) is 11.3 Å². The van der Waals surface area contributed by atoms with Gasteiger partial charge in [0, 0.05) is 11.1 Å². The Morgan fingerprint density at radius 2 is 2.20 bits per heavy atom. The van der Waals surface area contributed by atoms with E-state index >= 15 is 0 Å². The van der Waals surface area contributed by atoms with Gasteiger partial charge in [-0.15, -0.1) is 0 Å². The Kier molecular flexibility index (Phi) is 4.51. The van der Waals surface area contributed by atoms with Gasteiger partial charge in [-0.2, -0.15) is 0 Å². The van der Waals surface area contributed by atoms with Gasteiger partial charge in [0.05, 0.1) is 0 Å². The van der Waals surface area contributed by atoms with Crippen molar-refractivity contribution < 1.29 is 4.39 Å². The molecule has 0 heterocycles. The average Bonchev–Trinajstić information content (AvgIpc) is 2.21. The summed E-state index contributed by atoms with van der Waals surface area (Å²) >= 11 is 5.97. The predicted octanol–water partition coefficient (Wildman–Crippen LogP) is 3.03. The first-order chi connectivity index (χ1) is 7.10. The summed E-state index contributed by atoms with van der Waals surface area (Å²) in [4.78, 5) is 0. The third-order valence-corrected chi connectivity index (χ3v) is 3.02. The molecule has 0 amide bonds. The molecule has 3 N–H and O–H groups in total. The fourth-order valence-electron chi connectivity index (χ4n) is 1.55. The van der Waals surface area contributed by atoms with Crippen LogP contribution >= 0.6 is 11.6 Å². The number of nitrogens with one attached hydrogen (secondary N) is 1. The van der Waals surface area contributed by atoms with Crippen LogP contribution in [0.1, 0.15) is 31.9 Å². The van der Waals surface area contributed by atoms with Gasteiger partial charge in [0.25, 0.3) is 0 Å². The second-order valence-corrected chi connectivity index (χ2v) is 4.10. The second kappa shape index (κ2) is 5.45. The smallest absolute Gasteiger partial charge is 0.124 e. The molecule has 0 radical (unpaired) electrons. The van der Waals surface area contributed by atoms with Gasteiger partial charge in [0.1, 0.15) is 5.82 Å². The van der Waals surface area contributed by atoms with Gasteiger partial charge in [0.15, 0.2) is 0 Å². The van der Waals surface area contributed by atoms with Gasteiger partial charge >= 0.3 is 0 Å². The van der Waals surface area contributed by atoms with Crippen molar-refractivity contribution in [3.8, 4) is 0 Å². The van der Waals surface area contributed by atoms with Crippen molar-refractivity contribution >= 4 is 11.6 Å². The predicted molar refractivity (Wildman–Crippen MR) is 60.9 cm³/mol. The van der Waals surface area contributed by atoms with Crippen molar-refractivity contribution in [2.75, 3.05) is 0 Å². The molecule has 2 atom stereocenters. The van der Waals surface area contributed by atoms with Crippen molar-refractivity contribution in [1.29, 1.82) is 0 Å². The van der Waals surface area contributed by atoms with Crippen LogP contribution in [-0.4, -0.2) is 0 Å². The summed E-state index contributed by atoms with van der Waals surface area (Å²) in [5.41, 5.74) is 3.56. The summed E-state index contributed by atoms with van der Waals surface area (Å²) in [5, 5.41) is 0.415. The minimum atomic E-state index is -0.330. The normalized spacial score (nSPS) is 15.0. The largest absolute Gasteiger partial charge is 0.271 e. The van der Waals surface area contributed by atoms with Crippen molar-refractivity contribution in [3.63, 3.8) is 0 Å². The topological polar surface area (TPSA) is 38.0 Å². The van der Waals surface area contributed by atoms with Crippen LogP contribution in [0.15, 0.2) is 18.2 Å². The van der Waals surface area contributed by atoms with E-state index in [0.717, 1.165) is 12.0 Å². The molecule has 0 spiro atoms. The molecule has 0 saturated heterocycles. The zero-order valence-corrected chi connectivity index (χ0v) is 9.68. The highest BCUT2D eigenvalue weighted by molar-refractivity contribution is 6.31. The monoisotopic (exact) mass is 230 g/mol. The standard InChI is InChI=1S/C11H16ClFN2/c1-3-7(2)11(15-14)9-5-4-8(13)6-10(9)12/h4-7,11,15H,3,14H2,1-2H3. The van der Waals surface area contributed by atoms with Crippen LogP contribution in [0, 0.1) is 11.7 Å². The van der Waals surface area contributed by atoms with Crippen LogP contribution in [0.3, 0.4) is 0 Å². The van der Waals surface area contributed by atoms with Gasteiger partial charge in [0.2, 0.25) is 0 Å². The molecular weight excluding hydrogens is 215 g/mol. The van der Waals surface area contributed by atoms with Crippen molar-refractivity contribution in [1.82, 2.24) is 5.43 Å². The van der Waals surface area contributed by atoms with E-state index in [2.05, 4.69) is 19.3 Å². The number of rotatable bonds is 4. The van der Waals surface area contributed by atoms with Crippen molar-refractivity contribution in [2.45, 2.75) is 26.3 Å². The number of hydrazine groups is 1. The number of benzene rings is 1. The van der Waals surface area contributed by atoms with Crippen LogP contribution in [0.25, 0.3) is 0 Å². The second-order valence-electron chi connectivity index (χ2n) is 3.70. The molecule has 1 aromatic rings. The molecule has 0 aromatic heterocycles. The minimum absolute atomic E-state index is 0.0388. The zero-order valence-electron chi connectivity index (χ0n) is 8.93. The third-order valence-electron chi connectivity index (χ3n) is 2.69. The Morgan fingerprint density at radius 3 is 2.67 bits per heavy atom. The molecule has 0 fully saturated rings. The highest BCUT2D eigenvalue weighted by atomic mass is 35.5. The van der Waals surface area contributed by atoms with Gasteiger partial charge in [-0.05, 0) is 23.6 Å². The van der Waals surface area contributed by atoms with E-state index in [-0.39, 0.29) is 11.9 Å². The summed E-state index contributed by atoms with van der Waals surface area (Å²) in [5.74, 6) is 5.50. The molecule has 0 aliphatic heterocycles. The Labute approximate surface area is 94.6 Å². The van der Waals surface area contributed by atoms with Crippen molar-refractivity contribution in [2.24, 2.45) is 11.8 Å². The third kappa shape index (κ3) is 2.91. The SMILES string of the molecule is CCC(C)C(NN)c1ccc(F)cc1Cl. The van der Waals surface area contributed by atoms with Crippen molar-refractivity contribution in [3.05, 3.63) is 34.6 Å². The maximum atomic E-state index is 12.9. The Bertz CT molecular complexity index is 330. The van der Waals surface area contributed by atoms with Gasteiger partial charge < -0.3 is 0 Å². The number of hydrogen-bond acceptors (Lipinski definition) is 2. The van der Waals surface area contributed by atoms with Gasteiger partial charge in [-0.1, -0.05) is 37.9 Å². The summed E-state index contributed by atoms with van der Waals surface area (Å²) < 4.78 is 12.9. The first-order valence-corrected chi connectivity index (χ1v) is 5.39. The van der Waals surface area contributed by atoms with Gasteiger partial charge in [-0.25, -0.2) is 4.39 Å². The fraction of sp³-hybridized carbons (Fsp3) is 0.455. The minimum Gasteiger partial charge on any atom is -0.271 e. The summed E-state index contributed by atoms with van der Waals surface area (Å²) in [6.07, 6.45) is 0.975. The molecule has 1 aromatic carbocycles. The van der Waals surface area contributed by atoms with E-state index in [1.54, 1.807) is 6.07 Å². The van der Waals surface area contributed by atoms with Crippen LogP contribution < -0.4 is 11.3 Å². The van der Waals surface area contributed by atoms with E-state index in [0.29, 0.717) is 10.9 Å². The van der Waals surface area contributed by atoms with Crippen LogP contribution in [0.2, 0.25) is 5.02 Å². The quantitative estimate of drug-likeness (QED) is 0.617. The molecule has 0 saturated carbocycles. The number of hydrogen-bond donors (Lipinski definition) is 2. The maximum absolute atomic E-state index is 12.9.